The van der Waals surface area contributed by atoms with Crippen molar-refractivity contribution in [1.82, 2.24) is 9.78 Å². The lowest BCUT2D eigenvalue weighted by molar-refractivity contribution is 0.299. The standard InChI is InChI=1S/C6H10N2O.ClH/c1-8-5-6(2-3-9)4-7-8;/h4-5,9H,2-3H2,1H3;1H. The maximum absolute atomic E-state index is 8.49. The third-order valence-corrected chi connectivity index (χ3v) is 1.16. The normalized spacial score (nSPS) is 9.00. The lowest BCUT2D eigenvalue weighted by atomic mass is 10.3. The maximum atomic E-state index is 8.49. The first-order chi connectivity index (χ1) is 4.33. The topological polar surface area (TPSA) is 38.0 Å². The summed E-state index contributed by atoms with van der Waals surface area (Å²) >= 11 is 0. The van der Waals surface area contributed by atoms with Gasteiger partial charge in [0.2, 0.25) is 0 Å². The number of hydrogen-bond acceptors (Lipinski definition) is 2. The predicted molar refractivity (Wildman–Crippen MR) is 41.2 cm³/mol. The summed E-state index contributed by atoms with van der Waals surface area (Å²) in [6, 6.07) is 0. The second-order valence-corrected chi connectivity index (χ2v) is 2.00. The van der Waals surface area contributed by atoms with Crippen LogP contribution in [0.1, 0.15) is 5.56 Å². The zero-order valence-electron chi connectivity index (χ0n) is 5.82. The van der Waals surface area contributed by atoms with Crippen LogP contribution in [0.5, 0.6) is 0 Å². The maximum Gasteiger partial charge on any atom is 0.0522 e. The number of aliphatic hydroxyl groups is 1. The number of nitrogens with zero attached hydrogens (tertiary/aromatic N) is 2. The highest BCUT2D eigenvalue weighted by Gasteiger charge is 1.91. The number of hydrogen-bond donors (Lipinski definition) is 1. The number of rotatable bonds is 2. The quantitative estimate of drug-likeness (QED) is 0.683. The van der Waals surface area contributed by atoms with Gasteiger partial charge in [0.1, 0.15) is 0 Å². The molecule has 0 aliphatic heterocycles. The Bertz CT molecular complexity index is 188. The van der Waals surface area contributed by atoms with E-state index >= 15 is 0 Å². The number of aryl methyl sites for hydroxylation is 1. The Morgan fingerprint density at radius 1 is 1.70 bits per heavy atom. The highest BCUT2D eigenvalue weighted by molar-refractivity contribution is 5.85. The smallest absolute Gasteiger partial charge is 0.0522 e. The number of aliphatic hydroxyl groups excluding tert-OH is 1. The van der Waals surface area contributed by atoms with E-state index in [4.69, 9.17) is 5.11 Å². The lowest BCUT2D eigenvalue weighted by Gasteiger charge is -1.86. The molecular formula is C6H11ClN2O. The molecule has 0 spiro atoms. The molecule has 1 aromatic rings. The van der Waals surface area contributed by atoms with Gasteiger partial charge in [-0.3, -0.25) is 4.68 Å². The molecular weight excluding hydrogens is 152 g/mol. The molecule has 0 saturated carbocycles. The second-order valence-electron chi connectivity index (χ2n) is 2.00. The molecule has 1 N–H and O–H groups in total. The summed E-state index contributed by atoms with van der Waals surface area (Å²) in [6.07, 6.45) is 4.36. The van der Waals surface area contributed by atoms with Crippen molar-refractivity contribution in [2.75, 3.05) is 6.61 Å². The molecule has 3 nitrogen and oxygen atoms in total. The molecule has 58 valence electrons. The van der Waals surface area contributed by atoms with E-state index < -0.39 is 0 Å². The Labute approximate surface area is 66.1 Å². The monoisotopic (exact) mass is 162 g/mol. The summed E-state index contributed by atoms with van der Waals surface area (Å²) < 4.78 is 1.73. The Kier molecular flexibility index (Phi) is 4.07. The van der Waals surface area contributed by atoms with Crippen molar-refractivity contribution in [2.45, 2.75) is 6.42 Å². The van der Waals surface area contributed by atoms with Crippen LogP contribution in [0.25, 0.3) is 0 Å². The Morgan fingerprint density at radius 2 is 2.40 bits per heavy atom. The van der Waals surface area contributed by atoms with Gasteiger partial charge < -0.3 is 5.11 Å². The first-order valence-corrected chi connectivity index (χ1v) is 2.91. The molecule has 0 fully saturated rings. The molecule has 0 bridgehead atoms. The van der Waals surface area contributed by atoms with Gasteiger partial charge in [-0.25, -0.2) is 0 Å². The van der Waals surface area contributed by atoms with E-state index in [-0.39, 0.29) is 19.0 Å². The van der Waals surface area contributed by atoms with E-state index in [1.807, 2.05) is 13.2 Å². The minimum absolute atomic E-state index is 0. The lowest BCUT2D eigenvalue weighted by Crippen LogP contribution is -1.88. The van der Waals surface area contributed by atoms with Crippen LogP contribution in [0, 0.1) is 0 Å². The zero-order chi connectivity index (χ0) is 6.69. The largest absolute Gasteiger partial charge is 0.396 e. The molecule has 1 aromatic heterocycles. The molecule has 1 heterocycles. The molecule has 0 aliphatic carbocycles. The summed E-state index contributed by atoms with van der Waals surface area (Å²) in [7, 11) is 1.86. The van der Waals surface area contributed by atoms with Gasteiger partial charge in [0.15, 0.2) is 0 Å². The van der Waals surface area contributed by atoms with Crippen LogP contribution in [0.3, 0.4) is 0 Å². The average molecular weight is 163 g/mol. The second kappa shape index (κ2) is 4.30. The summed E-state index contributed by atoms with van der Waals surface area (Å²) in [5, 5.41) is 12.4. The average Bonchev–Trinajstić information content (AvgIpc) is 2.17. The van der Waals surface area contributed by atoms with E-state index in [1.165, 1.54) is 0 Å². The Hall–Kier alpha value is -0.540. The van der Waals surface area contributed by atoms with Crippen LogP contribution in [0.4, 0.5) is 0 Å². The summed E-state index contributed by atoms with van der Waals surface area (Å²) in [4.78, 5) is 0. The third-order valence-electron chi connectivity index (χ3n) is 1.16. The van der Waals surface area contributed by atoms with E-state index in [1.54, 1.807) is 10.9 Å². The molecule has 0 radical (unpaired) electrons. The predicted octanol–water partition coefficient (Wildman–Crippen LogP) is 0.377. The Morgan fingerprint density at radius 3 is 2.80 bits per heavy atom. The molecule has 0 aliphatic rings. The summed E-state index contributed by atoms with van der Waals surface area (Å²) in [5.74, 6) is 0. The van der Waals surface area contributed by atoms with Gasteiger partial charge in [-0.2, -0.15) is 5.10 Å². The molecule has 4 heteroatoms. The summed E-state index contributed by atoms with van der Waals surface area (Å²) in [5.41, 5.74) is 1.08. The highest BCUT2D eigenvalue weighted by atomic mass is 35.5. The fraction of sp³-hybridized carbons (Fsp3) is 0.500. The van der Waals surface area contributed by atoms with E-state index in [9.17, 15) is 0 Å². The first-order valence-electron chi connectivity index (χ1n) is 2.91. The van der Waals surface area contributed by atoms with Crippen LogP contribution in [-0.4, -0.2) is 21.5 Å². The molecule has 0 saturated heterocycles. The van der Waals surface area contributed by atoms with Crippen LogP contribution in [0.2, 0.25) is 0 Å². The fourth-order valence-electron chi connectivity index (χ4n) is 0.730. The number of halogens is 1. The van der Waals surface area contributed by atoms with Crippen molar-refractivity contribution in [1.29, 1.82) is 0 Å². The Balaban J connectivity index is 0.000000810. The first kappa shape index (κ1) is 9.46. The van der Waals surface area contributed by atoms with Crippen LogP contribution in [-0.2, 0) is 13.5 Å². The van der Waals surface area contributed by atoms with Crippen molar-refractivity contribution >= 4 is 12.4 Å². The van der Waals surface area contributed by atoms with Gasteiger partial charge >= 0.3 is 0 Å². The van der Waals surface area contributed by atoms with Crippen molar-refractivity contribution in [3.8, 4) is 0 Å². The highest BCUT2D eigenvalue weighted by Crippen LogP contribution is 1.95. The molecule has 1 rings (SSSR count). The van der Waals surface area contributed by atoms with Crippen molar-refractivity contribution < 1.29 is 5.11 Å². The zero-order valence-corrected chi connectivity index (χ0v) is 6.64. The van der Waals surface area contributed by atoms with Gasteiger partial charge in [-0.1, -0.05) is 0 Å². The van der Waals surface area contributed by atoms with E-state index in [2.05, 4.69) is 5.10 Å². The van der Waals surface area contributed by atoms with Gasteiger partial charge in [-0.15, -0.1) is 12.4 Å². The minimum Gasteiger partial charge on any atom is -0.396 e. The van der Waals surface area contributed by atoms with Crippen molar-refractivity contribution in [2.24, 2.45) is 7.05 Å². The molecule has 0 unspecified atom stereocenters. The van der Waals surface area contributed by atoms with Crippen LogP contribution >= 0.6 is 12.4 Å². The SMILES string of the molecule is Cl.Cn1cc(CCO)cn1. The van der Waals surface area contributed by atoms with Gasteiger partial charge in [0.25, 0.3) is 0 Å². The number of aromatic nitrogens is 2. The third kappa shape index (κ3) is 2.37. The van der Waals surface area contributed by atoms with Gasteiger partial charge in [0, 0.05) is 19.9 Å². The minimum atomic E-state index is 0. The van der Waals surface area contributed by atoms with Crippen LogP contribution < -0.4 is 0 Å². The van der Waals surface area contributed by atoms with Crippen LogP contribution in [0.15, 0.2) is 12.4 Å². The molecule has 0 amide bonds. The molecule has 0 atom stereocenters. The molecule has 0 aromatic carbocycles. The molecule has 10 heavy (non-hydrogen) atoms. The van der Waals surface area contributed by atoms with Crippen molar-refractivity contribution in [3.63, 3.8) is 0 Å². The van der Waals surface area contributed by atoms with E-state index in [0.29, 0.717) is 6.42 Å². The van der Waals surface area contributed by atoms with Gasteiger partial charge in [-0.05, 0) is 12.0 Å². The summed E-state index contributed by atoms with van der Waals surface area (Å²) in [6.45, 7) is 0.200. The van der Waals surface area contributed by atoms with E-state index in [0.717, 1.165) is 5.56 Å². The van der Waals surface area contributed by atoms with Gasteiger partial charge in [0.05, 0.1) is 6.20 Å². The van der Waals surface area contributed by atoms with Crippen molar-refractivity contribution in [3.05, 3.63) is 18.0 Å². The fourth-order valence-corrected chi connectivity index (χ4v) is 0.730.